The number of hydrogen-bond donors (Lipinski definition) is 0. The average molecular weight is 337 g/mol. The first-order valence-corrected chi connectivity index (χ1v) is 4.17. The zero-order valence-corrected chi connectivity index (χ0v) is 11.3. The van der Waals surface area contributed by atoms with E-state index < -0.39 is 32.4 Å². The van der Waals surface area contributed by atoms with Crippen LogP contribution in [-0.4, -0.2) is 0 Å². The SMILES string of the molecule is [Cu+2].[Na+].[O-][Cl+2]([O-])[O-].[O-][Cl+2]([O-])[O-].[O-][Cl+2]([O-])[O-]. The van der Waals surface area contributed by atoms with Crippen LogP contribution in [0, 0.1) is 32.4 Å². The van der Waals surface area contributed by atoms with Crippen LogP contribution in [0.15, 0.2) is 0 Å². The molecule has 0 rings (SSSR count). The van der Waals surface area contributed by atoms with Crippen molar-refractivity contribution in [3.8, 4) is 0 Å². The molecule has 0 aliphatic heterocycles. The molecule has 87 valence electrons. The molecule has 0 aromatic rings. The Morgan fingerprint density at radius 3 is 0.429 bits per heavy atom. The van der Waals surface area contributed by atoms with Crippen molar-refractivity contribution in [3.05, 3.63) is 0 Å². The molecule has 0 aliphatic rings. The van der Waals surface area contributed by atoms with Crippen LogP contribution < -0.4 is 71.5 Å². The second kappa shape index (κ2) is 24.3. The zero-order chi connectivity index (χ0) is 10.7. The number of hydrogen-bond acceptors (Lipinski definition) is 9. The van der Waals surface area contributed by atoms with Crippen molar-refractivity contribution in [3.63, 3.8) is 0 Å². The molecule has 0 saturated carbocycles. The van der Waals surface area contributed by atoms with Gasteiger partial charge in [-0.05, 0) is 0 Å². The second-order valence-electron chi connectivity index (χ2n) is 0.567. The maximum absolute atomic E-state index is 8.41. The number of rotatable bonds is 0. The normalized spacial score (nSPS) is 7.71. The van der Waals surface area contributed by atoms with Crippen LogP contribution in [0.3, 0.4) is 0 Å². The number of halogens is 3. The molecule has 1 radical (unpaired) electrons. The van der Waals surface area contributed by atoms with Gasteiger partial charge in [0.2, 0.25) is 0 Å². The van der Waals surface area contributed by atoms with Crippen LogP contribution in [0.2, 0.25) is 0 Å². The van der Waals surface area contributed by atoms with Crippen molar-refractivity contribution in [1.29, 1.82) is 0 Å². The van der Waals surface area contributed by atoms with Gasteiger partial charge in [-0.25, -0.2) is 0 Å². The van der Waals surface area contributed by atoms with Gasteiger partial charge >= 0.3 is 46.6 Å². The van der Waals surface area contributed by atoms with Crippen LogP contribution in [0.4, 0.5) is 0 Å². The summed E-state index contributed by atoms with van der Waals surface area (Å²) < 4.78 is 75.7. The Morgan fingerprint density at radius 2 is 0.429 bits per heavy atom. The van der Waals surface area contributed by atoms with Crippen molar-refractivity contribution in [2.24, 2.45) is 0 Å². The van der Waals surface area contributed by atoms with Gasteiger partial charge in [0.15, 0.2) is 0 Å². The Labute approximate surface area is 120 Å². The molecule has 0 bridgehead atoms. The molecular formula is Cl3CuNaO9. The Bertz CT molecular complexity index is 48.5. The predicted octanol–water partition coefficient (Wildman–Crippen LogP) is -13.7. The van der Waals surface area contributed by atoms with Crippen LogP contribution in [0.1, 0.15) is 0 Å². The summed E-state index contributed by atoms with van der Waals surface area (Å²) >= 11 is 0. The molecule has 0 atom stereocenters. The van der Waals surface area contributed by atoms with E-state index in [9.17, 15) is 0 Å². The van der Waals surface area contributed by atoms with Crippen molar-refractivity contribution in [2.75, 3.05) is 0 Å². The van der Waals surface area contributed by atoms with E-state index in [0.29, 0.717) is 0 Å². The van der Waals surface area contributed by atoms with Crippen LogP contribution in [-0.2, 0) is 17.1 Å². The Balaban J connectivity index is -0.0000000270. The largest absolute Gasteiger partial charge is 2.00 e. The molecule has 0 saturated heterocycles. The molecule has 0 aromatic heterocycles. The van der Waals surface area contributed by atoms with Crippen molar-refractivity contribution >= 4 is 0 Å². The Hall–Kier alpha value is 2.03. The summed E-state index contributed by atoms with van der Waals surface area (Å²) in [6, 6.07) is 0. The van der Waals surface area contributed by atoms with Gasteiger partial charge in [-0.1, -0.05) is 0 Å². The topological polar surface area (TPSA) is 208 Å². The van der Waals surface area contributed by atoms with E-state index in [2.05, 4.69) is 0 Å². The summed E-state index contributed by atoms with van der Waals surface area (Å²) in [5, 5.41) is 0. The smallest absolute Gasteiger partial charge is 0.357 e. The van der Waals surface area contributed by atoms with Crippen LogP contribution in [0.5, 0.6) is 0 Å². The first-order chi connectivity index (χ1) is 5.20. The summed E-state index contributed by atoms with van der Waals surface area (Å²) in [6.07, 6.45) is 0. The van der Waals surface area contributed by atoms with Gasteiger partial charge in [0, 0.05) is 0 Å². The third kappa shape index (κ3) is 578. The van der Waals surface area contributed by atoms with E-state index in [1.54, 1.807) is 0 Å². The van der Waals surface area contributed by atoms with E-state index in [-0.39, 0.29) is 46.6 Å². The fraction of sp³-hybridized carbons (Fsp3) is 0. The molecule has 0 unspecified atom stereocenters. The molecule has 9 nitrogen and oxygen atoms in total. The van der Waals surface area contributed by atoms with Gasteiger partial charge in [-0.2, -0.15) is 0 Å². The standard InChI is InChI=1S/3ClO3.Cu.Na/c3*2-1(3)4;;/q3*-1;+2;+1. The minimum atomic E-state index is -2.85. The van der Waals surface area contributed by atoms with Gasteiger partial charge in [-0.3, -0.25) is 0 Å². The van der Waals surface area contributed by atoms with Gasteiger partial charge in [-0.15, -0.1) is 0 Å². The summed E-state index contributed by atoms with van der Waals surface area (Å²) in [5.74, 6) is 0. The van der Waals surface area contributed by atoms with E-state index >= 15 is 0 Å². The minimum absolute atomic E-state index is 0. The Morgan fingerprint density at radius 1 is 0.429 bits per heavy atom. The maximum atomic E-state index is 8.41. The van der Waals surface area contributed by atoms with Crippen molar-refractivity contribution in [2.45, 2.75) is 0 Å². The van der Waals surface area contributed by atoms with Gasteiger partial charge < -0.3 is 41.9 Å². The Kier molecular flexibility index (Phi) is 51.7. The molecule has 0 spiro atoms. The molecule has 0 N–H and O–H groups in total. The van der Waals surface area contributed by atoms with E-state index in [1.807, 2.05) is 0 Å². The summed E-state index contributed by atoms with van der Waals surface area (Å²) in [5.41, 5.74) is 0. The fourth-order valence-corrected chi connectivity index (χ4v) is 0. The second-order valence-corrected chi connectivity index (χ2v) is 1.70. The summed E-state index contributed by atoms with van der Waals surface area (Å²) in [6.45, 7) is 0. The molecule has 0 aliphatic carbocycles. The third-order valence-electron chi connectivity index (χ3n) is 0. The van der Waals surface area contributed by atoms with E-state index in [1.165, 1.54) is 0 Å². The third-order valence-corrected chi connectivity index (χ3v) is 0. The van der Waals surface area contributed by atoms with Gasteiger partial charge in [0.25, 0.3) is 0 Å². The molecule has 0 amide bonds. The molecule has 0 heterocycles. The molecule has 14 heteroatoms. The minimum Gasteiger partial charge on any atom is -0.357 e. The van der Waals surface area contributed by atoms with Crippen molar-refractivity contribution in [1.82, 2.24) is 0 Å². The quantitative estimate of drug-likeness (QED) is 0.384. The van der Waals surface area contributed by atoms with E-state index in [4.69, 9.17) is 41.9 Å². The molecule has 14 heavy (non-hydrogen) atoms. The predicted molar refractivity (Wildman–Crippen MR) is 0 cm³/mol. The van der Waals surface area contributed by atoms with Gasteiger partial charge in [0.05, 0.1) is 32.4 Å². The van der Waals surface area contributed by atoms with Crippen molar-refractivity contribution < 1.29 is 121 Å². The van der Waals surface area contributed by atoms with Crippen LogP contribution in [0.25, 0.3) is 0 Å². The molecular weight excluding hydrogens is 337 g/mol. The first kappa shape index (κ1) is 29.8. The summed E-state index contributed by atoms with van der Waals surface area (Å²) in [4.78, 5) is 0. The first-order valence-electron chi connectivity index (χ1n) is 1.39. The van der Waals surface area contributed by atoms with E-state index in [0.717, 1.165) is 0 Å². The van der Waals surface area contributed by atoms with Crippen LogP contribution >= 0.6 is 0 Å². The zero-order valence-electron chi connectivity index (χ0n) is 6.11. The summed E-state index contributed by atoms with van der Waals surface area (Å²) in [7, 11) is -8.56. The monoisotopic (exact) mass is 335 g/mol. The fourth-order valence-electron chi connectivity index (χ4n) is 0. The molecule has 0 aromatic carbocycles. The van der Waals surface area contributed by atoms with Gasteiger partial charge in [0.1, 0.15) is 0 Å². The maximum Gasteiger partial charge on any atom is 2.00 e. The molecule has 0 fully saturated rings. The average Bonchev–Trinajstić information content (AvgIpc) is 1.54.